The van der Waals surface area contributed by atoms with Crippen molar-refractivity contribution in [1.29, 1.82) is 0 Å². The number of piperidine rings is 1. The topological polar surface area (TPSA) is 12.5 Å². The standard InChI is InChI=1S/C18H25NO/c1-19-10-9-18-8-4-3-5-15(18)17(19)11-13-6-7-14(20-2)12-16(13)18/h6-7,12,15,17H,3-5,8-11H2,1-2H3/t15-,17+,18?/m1/s1/i1D2,2D3. The van der Waals surface area contributed by atoms with E-state index in [4.69, 9.17) is 11.6 Å². The first-order valence-electron chi connectivity index (χ1n) is 10.4. The average Bonchev–Trinajstić information content (AvgIpc) is 2.54. The minimum Gasteiger partial charge on any atom is -0.497 e. The lowest BCUT2D eigenvalue weighted by atomic mass is 9.52. The van der Waals surface area contributed by atoms with E-state index in [0.717, 1.165) is 32.2 Å². The Bertz CT molecular complexity index is 661. The Balaban J connectivity index is 1.77. The van der Waals surface area contributed by atoms with Crippen LogP contribution >= 0.6 is 0 Å². The number of likely N-dealkylation sites (N-methyl/N-ethyl adjacent to an activating group) is 1. The summed E-state index contributed by atoms with van der Waals surface area (Å²) in [7, 11) is -2.43. The molecule has 0 aromatic heterocycles. The predicted molar refractivity (Wildman–Crippen MR) is 81.4 cm³/mol. The second-order valence-electron chi connectivity index (χ2n) is 6.69. The lowest BCUT2D eigenvalue weighted by Crippen LogP contribution is -2.59. The monoisotopic (exact) mass is 276 g/mol. The van der Waals surface area contributed by atoms with Gasteiger partial charge in [-0.15, -0.1) is 0 Å². The number of hydrogen-bond acceptors (Lipinski definition) is 2. The molecule has 1 aromatic carbocycles. The van der Waals surface area contributed by atoms with Crippen molar-refractivity contribution >= 4 is 0 Å². The van der Waals surface area contributed by atoms with Crippen molar-refractivity contribution in [3.05, 3.63) is 29.3 Å². The Morgan fingerprint density at radius 2 is 2.35 bits per heavy atom. The fourth-order valence-electron chi connectivity index (χ4n) is 5.08. The second kappa shape index (κ2) is 4.49. The highest BCUT2D eigenvalue weighted by molar-refractivity contribution is 5.45. The Hall–Kier alpha value is -1.02. The van der Waals surface area contributed by atoms with Crippen LogP contribution in [0.2, 0.25) is 0 Å². The molecule has 108 valence electrons. The maximum atomic E-state index is 7.93. The van der Waals surface area contributed by atoms with Gasteiger partial charge in [0.2, 0.25) is 0 Å². The molecule has 4 rings (SSSR count). The van der Waals surface area contributed by atoms with Crippen LogP contribution in [0, 0.1) is 5.92 Å². The van der Waals surface area contributed by atoms with Gasteiger partial charge in [-0.2, -0.15) is 0 Å². The molecule has 1 aliphatic heterocycles. The van der Waals surface area contributed by atoms with Crippen LogP contribution in [0.5, 0.6) is 5.75 Å². The van der Waals surface area contributed by atoms with E-state index in [1.807, 2.05) is 17.0 Å². The fraction of sp³-hybridized carbons (Fsp3) is 0.667. The molecule has 2 fully saturated rings. The summed E-state index contributed by atoms with van der Waals surface area (Å²) >= 11 is 0. The SMILES string of the molecule is [2H]C([2H])N1CCC23CCCC[C@@H]2[C@@H]1Cc1ccc(OC([2H])([2H])[2H])cc13. The van der Waals surface area contributed by atoms with Gasteiger partial charge in [0.25, 0.3) is 0 Å². The Kier molecular flexibility index (Phi) is 1.89. The van der Waals surface area contributed by atoms with Crippen molar-refractivity contribution in [2.75, 3.05) is 20.6 Å². The summed E-state index contributed by atoms with van der Waals surface area (Å²) in [5, 5.41) is 0. The number of likely N-dealkylation sites (tertiary alicyclic amines) is 1. The van der Waals surface area contributed by atoms with Crippen LogP contribution in [0.4, 0.5) is 0 Å². The van der Waals surface area contributed by atoms with Gasteiger partial charge in [-0.1, -0.05) is 18.9 Å². The van der Waals surface area contributed by atoms with Gasteiger partial charge < -0.3 is 9.64 Å². The van der Waals surface area contributed by atoms with Crippen LogP contribution in [0.25, 0.3) is 0 Å². The summed E-state index contributed by atoms with van der Waals surface area (Å²) in [6, 6.07) is 5.98. The molecular weight excluding hydrogens is 246 g/mol. The molecule has 1 saturated carbocycles. The minimum absolute atomic E-state index is 0.0655. The lowest BCUT2D eigenvalue weighted by molar-refractivity contribution is 0.00274. The van der Waals surface area contributed by atoms with Crippen LogP contribution in [0.1, 0.15) is 50.1 Å². The van der Waals surface area contributed by atoms with E-state index in [-0.39, 0.29) is 11.5 Å². The molecule has 3 aliphatic rings. The summed E-state index contributed by atoms with van der Waals surface area (Å²) in [6.45, 7) is -0.132. The first kappa shape index (κ1) is 8.43. The number of methoxy groups -OCH3 is 1. The normalized spacial score (nSPS) is 40.5. The molecule has 0 amide bonds. The third kappa shape index (κ3) is 1.60. The third-order valence-electron chi connectivity index (χ3n) is 5.97. The Morgan fingerprint density at radius 1 is 1.35 bits per heavy atom. The smallest absolute Gasteiger partial charge is 0.119 e. The van der Waals surface area contributed by atoms with Gasteiger partial charge in [-0.25, -0.2) is 0 Å². The minimum atomic E-state index is -2.43. The van der Waals surface area contributed by atoms with Crippen molar-refractivity contribution in [2.45, 2.75) is 50.0 Å². The molecule has 20 heavy (non-hydrogen) atoms. The van der Waals surface area contributed by atoms with Crippen LogP contribution in [0.15, 0.2) is 18.2 Å². The zero-order chi connectivity index (χ0) is 17.8. The molecule has 2 nitrogen and oxygen atoms in total. The van der Waals surface area contributed by atoms with Gasteiger partial charge in [0.15, 0.2) is 0 Å². The highest BCUT2D eigenvalue weighted by Gasteiger charge is 2.53. The average molecular weight is 276 g/mol. The van der Waals surface area contributed by atoms with E-state index in [2.05, 4.69) is 0 Å². The maximum Gasteiger partial charge on any atom is 0.119 e. The van der Waals surface area contributed by atoms with E-state index in [1.165, 1.54) is 24.0 Å². The second-order valence-corrected chi connectivity index (χ2v) is 6.69. The van der Waals surface area contributed by atoms with Crippen molar-refractivity contribution in [3.8, 4) is 5.75 Å². The predicted octanol–water partition coefficient (Wildman–Crippen LogP) is 3.38. The molecule has 0 N–H and O–H groups in total. The molecule has 3 atom stereocenters. The molecular formula is C18H25NO. The molecule has 0 spiro atoms. The number of fused-ring (bicyclic) bond motifs is 1. The number of nitrogens with zero attached hydrogens (tertiary/aromatic N) is 1. The van der Waals surface area contributed by atoms with Gasteiger partial charge in [0, 0.05) is 14.2 Å². The summed E-state index contributed by atoms with van der Waals surface area (Å²) in [6.07, 6.45) is 6.46. The summed E-state index contributed by atoms with van der Waals surface area (Å²) in [5.41, 5.74) is 2.57. The van der Waals surface area contributed by atoms with Crippen LogP contribution in [-0.4, -0.2) is 31.5 Å². The molecule has 1 saturated heterocycles. The van der Waals surface area contributed by atoms with E-state index >= 15 is 0 Å². The van der Waals surface area contributed by atoms with Crippen molar-refractivity contribution in [2.24, 2.45) is 5.92 Å². The Morgan fingerprint density at radius 3 is 3.25 bits per heavy atom. The molecule has 1 aromatic rings. The largest absolute Gasteiger partial charge is 0.497 e. The number of hydrogen-bond donors (Lipinski definition) is 0. The molecule has 2 heteroatoms. The highest BCUT2D eigenvalue weighted by Crippen LogP contribution is 2.55. The van der Waals surface area contributed by atoms with Crippen LogP contribution in [-0.2, 0) is 11.8 Å². The summed E-state index contributed by atoms with van der Waals surface area (Å²) in [4.78, 5) is 2.05. The third-order valence-corrected chi connectivity index (χ3v) is 5.97. The van der Waals surface area contributed by atoms with E-state index in [9.17, 15) is 0 Å². The molecule has 2 bridgehead atoms. The van der Waals surface area contributed by atoms with E-state index in [1.54, 1.807) is 6.07 Å². The molecule has 2 aliphatic carbocycles. The number of ether oxygens (including phenoxy) is 1. The van der Waals surface area contributed by atoms with Crippen molar-refractivity contribution < 1.29 is 11.6 Å². The molecule has 0 radical (unpaired) electrons. The number of benzene rings is 1. The summed E-state index contributed by atoms with van der Waals surface area (Å²) < 4.78 is 43.1. The fourth-order valence-corrected chi connectivity index (χ4v) is 5.08. The van der Waals surface area contributed by atoms with Gasteiger partial charge >= 0.3 is 0 Å². The Labute approximate surface area is 129 Å². The van der Waals surface area contributed by atoms with Gasteiger partial charge in [-0.05, 0) is 68.4 Å². The van der Waals surface area contributed by atoms with Crippen LogP contribution < -0.4 is 4.74 Å². The van der Waals surface area contributed by atoms with Gasteiger partial charge in [-0.3, -0.25) is 0 Å². The lowest BCUT2D eigenvalue weighted by Gasteiger charge is -2.58. The maximum absolute atomic E-state index is 7.93. The zero-order valence-electron chi connectivity index (χ0n) is 16.8. The van der Waals surface area contributed by atoms with Crippen LogP contribution in [0.3, 0.4) is 0 Å². The quantitative estimate of drug-likeness (QED) is 0.779. The van der Waals surface area contributed by atoms with Gasteiger partial charge in [0.05, 0.1) is 11.2 Å². The zero-order valence-corrected chi connectivity index (χ0v) is 11.8. The van der Waals surface area contributed by atoms with Gasteiger partial charge in [0.1, 0.15) is 5.75 Å². The highest BCUT2D eigenvalue weighted by atomic mass is 16.5. The van der Waals surface area contributed by atoms with Crippen molar-refractivity contribution in [3.63, 3.8) is 0 Å². The molecule has 1 unspecified atom stereocenters. The van der Waals surface area contributed by atoms with Crippen molar-refractivity contribution in [1.82, 2.24) is 4.90 Å². The number of rotatable bonds is 1. The van der Waals surface area contributed by atoms with E-state index < -0.39 is 14.0 Å². The first-order valence-corrected chi connectivity index (χ1v) is 7.73. The molecule has 1 heterocycles. The first-order chi connectivity index (χ1) is 11.8. The summed E-state index contributed by atoms with van der Waals surface area (Å²) in [5.74, 6) is 0.890. The van der Waals surface area contributed by atoms with E-state index in [0.29, 0.717) is 11.7 Å².